The van der Waals surface area contributed by atoms with Crippen molar-refractivity contribution in [2.24, 2.45) is 0 Å². The minimum atomic E-state index is -0.274. The van der Waals surface area contributed by atoms with Gasteiger partial charge in [-0.3, -0.25) is 0 Å². The second-order valence-corrected chi connectivity index (χ2v) is 5.17. The maximum Gasteiger partial charge on any atom is 0.220 e. The van der Waals surface area contributed by atoms with E-state index in [1.54, 1.807) is 6.07 Å². The van der Waals surface area contributed by atoms with Crippen LogP contribution in [0.1, 0.15) is 17.0 Å². The van der Waals surface area contributed by atoms with E-state index in [9.17, 15) is 5.11 Å². The third kappa shape index (κ3) is 4.54. The van der Waals surface area contributed by atoms with Crippen molar-refractivity contribution in [2.75, 3.05) is 0 Å². The molecule has 24 heavy (non-hydrogen) atoms. The molecule has 3 aromatic rings. The van der Waals surface area contributed by atoms with Crippen molar-refractivity contribution in [3.63, 3.8) is 0 Å². The molecule has 0 aliphatic carbocycles. The molecule has 2 aromatic carbocycles. The van der Waals surface area contributed by atoms with Crippen molar-refractivity contribution < 1.29 is 14.6 Å². The van der Waals surface area contributed by atoms with Crippen LogP contribution in [0.15, 0.2) is 66.7 Å². The molecular weight excluding hydrogens is 304 g/mol. The van der Waals surface area contributed by atoms with Gasteiger partial charge in [-0.15, -0.1) is 0 Å². The summed E-state index contributed by atoms with van der Waals surface area (Å²) in [4.78, 5) is 8.32. The molecule has 0 bridgehead atoms. The summed E-state index contributed by atoms with van der Waals surface area (Å²) in [6.07, 6.45) is 0. The fraction of sp³-hybridized carbons (Fsp3) is 0.158. The van der Waals surface area contributed by atoms with Gasteiger partial charge in [0.1, 0.15) is 19.8 Å². The van der Waals surface area contributed by atoms with Gasteiger partial charge in [-0.05, 0) is 11.1 Å². The lowest BCUT2D eigenvalue weighted by Crippen LogP contribution is -2.04. The van der Waals surface area contributed by atoms with Crippen LogP contribution in [0.2, 0.25) is 0 Å². The van der Waals surface area contributed by atoms with Crippen LogP contribution < -0.4 is 9.47 Å². The largest absolute Gasteiger partial charge is 0.473 e. The number of aromatic nitrogens is 2. The highest BCUT2D eigenvalue weighted by Gasteiger charge is 2.07. The molecule has 5 nitrogen and oxygen atoms in total. The smallest absolute Gasteiger partial charge is 0.220 e. The normalized spacial score (nSPS) is 10.4. The van der Waals surface area contributed by atoms with Crippen LogP contribution in [-0.4, -0.2) is 15.1 Å². The number of aliphatic hydroxyl groups is 1. The van der Waals surface area contributed by atoms with E-state index in [4.69, 9.17) is 9.47 Å². The van der Waals surface area contributed by atoms with Gasteiger partial charge in [0.15, 0.2) is 5.82 Å². The van der Waals surface area contributed by atoms with E-state index in [0.717, 1.165) is 11.1 Å². The summed E-state index contributed by atoms with van der Waals surface area (Å²) >= 11 is 0. The summed E-state index contributed by atoms with van der Waals surface area (Å²) in [6, 6.07) is 21.2. The molecule has 1 heterocycles. The van der Waals surface area contributed by atoms with Gasteiger partial charge in [0.25, 0.3) is 0 Å². The van der Waals surface area contributed by atoms with Crippen LogP contribution in [0, 0.1) is 0 Å². The number of hydrogen-bond donors (Lipinski definition) is 1. The van der Waals surface area contributed by atoms with E-state index in [0.29, 0.717) is 25.0 Å². The lowest BCUT2D eigenvalue weighted by atomic mass is 10.2. The van der Waals surface area contributed by atoms with Crippen LogP contribution in [0.25, 0.3) is 0 Å². The van der Waals surface area contributed by atoms with Crippen molar-refractivity contribution in [3.8, 4) is 11.8 Å². The SMILES string of the molecule is OCc1nc(OCc2ccccc2)cc(OCc2ccccc2)n1. The number of benzene rings is 2. The molecule has 0 atom stereocenters. The molecule has 0 unspecified atom stereocenters. The highest BCUT2D eigenvalue weighted by Crippen LogP contribution is 2.18. The fourth-order valence-corrected chi connectivity index (χ4v) is 2.13. The lowest BCUT2D eigenvalue weighted by molar-refractivity contribution is 0.246. The molecule has 5 heteroatoms. The molecule has 1 N–H and O–H groups in total. The first-order chi connectivity index (χ1) is 11.8. The van der Waals surface area contributed by atoms with E-state index < -0.39 is 0 Å². The molecule has 0 amide bonds. The van der Waals surface area contributed by atoms with Crippen LogP contribution in [-0.2, 0) is 19.8 Å². The molecule has 0 fully saturated rings. The molecule has 122 valence electrons. The maximum absolute atomic E-state index is 9.32. The van der Waals surface area contributed by atoms with Gasteiger partial charge in [0, 0.05) is 0 Å². The molecule has 0 aliphatic heterocycles. The van der Waals surface area contributed by atoms with Crippen LogP contribution >= 0.6 is 0 Å². The average molecular weight is 322 g/mol. The minimum Gasteiger partial charge on any atom is -0.473 e. The van der Waals surface area contributed by atoms with Crippen LogP contribution in [0.5, 0.6) is 11.8 Å². The predicted molar refractivity (Wildman–Crippen MR) is 89.5 cm³/mol. The summed E-state index contributed by atoms with van der Waals surface area (Å²) in [5.41, 5.74) is 2.07. The van der Waals surface area contributed by atoms with E-state index in [1.807, 2.05) is 60.7 Å². The molecule has 0 saturated heterocycles. The zero-order chi connectivity index (χ0) is 16.6. The molecular formula is C19H18N2O3. The Morgan fingerprint density at radius 3 is 1.58 bits per heavy atom. The van der Waals surface area contributed by atoms with Gasteiger partial charge < -0.3 is 14.6 Å². The van der Waals surface area contributed by atoms with Crippen molar-refractivity contribution >= 4 is 0 Å². The van der Waals surface area contributed by atoms with Crippen LogP contribution in [0.4, 0.5) is 0 Å². The highest BCUT2D eigenvalue weighted by atomic mass is 16.5. The Morgan fingerprint density at radius 1 is 0.708 bits per heavy atom. The van der Waals surface area contributed by atoms with E-state index in [1.165, 1.54) is 0 Å². The molecule has 0 spiro atoms. The zero-order valence-corrected chi connectivity index (χ0v) is 13.1. The first kappa shape index (κ1) is 16.0. The van der Waals surface area contributed by atoms with Gasteiger partial charge in [-0.1, -0.05) is 60.7 Å². The fourth-order valence-electron chi connectivity index (χ4n) is 2.13. The third-order valence-electron chi connectivity index (χ3n) is 3.33. The molecule has 0 radical (unpaired) electrons. The topological polar surface area (TPSA) is 64.5 Å². The monoisotopic (exact) mass is 322 g/mol. The maximum atomic E-state index is 9.32. The first-order valence-corrected chi connectivity index (χ1v) is 7.66. The zero-order valence-electron chi connectivity index (χ0n) is 13.1. The van der Waals surface area contributed by atoms with Gasteiger partial charge in [0.05, 0.1) is 6.07 Å². The van der Waals surface area contributed by atoms with Crippen molar-refractivity contribution in [1.82, 2.24) is 9.97 Å². The van der Waals surface area contributed by atoms with E-state index >= 15 is 0 Å². The van der Waals surface area contributed by atoms with Crippen molar-refractivity contribution in [2.45, 2.75) is 19.8 Å². The number of rotatable bonds is 7. The summed E-state index contributed by atoms with van der Waals surface area (Å²) in [7, 11) is 0. The highest BCUT2D eigenvalue weighted by molar-refractivity contribution is 5.23. The second-order valence-electron chi connectivity index (χ2n) is 5.17. The Kier molecular flexibility index (Phi) is 5.37. The number of aliphatic hydroxyl groups excluding tert-OH is 1. The summed E-state index contributed by atoms with van der Waals surface area (Å²) in [6.45, 7) is 0.506. The molecule has 0 saturated carbocycles. The van der Waals surface area contributed by atoms with Crippen molar-refractivity contribution in [1.29, 1.82) is 0 Å². The predicted octanol–water partition coefficient (Wildman–Crippen LogP) is 3.13. The number of nitrogens with zero attached hydrogens (tertiary/aromatic N) is 2. The summed E-state index contributed by atoms with van der Waals surface area (Å²) in [5, 5.41) is 9.32. The first-order valence-electron chi connectivity index (χ1n) is 7.66. The van der Waals surface area contributed by atoms with Gasteiger partial charge >= 0.3 is 0 Å². The molecule has 3 rings (SSSR count). The van der Waals surface area contributed by atoms with Crippen molar-refractivity contribution in [3.05, 3.63) is 83.7 Å². The Bertz CT molecular complexity index is 702. The molecule has 0 aliphatic rings. The Balaban J connectivity index is 1.68. The van der Waals surface area contributed by atoms with Crippen LogP contribution in [0.3, 0.4) is 0 Å². The van der Waals surface area contributed by atoms with Gasteiger partial charge in [-0.25, -0.2) is 0 Å². The second kappa shape index (κ2) is 8.08. The Labute approximate surface area is 140 Å². The molecule has 1 aromatic heterocycles. The van der Waals surface area contributed by atoms with E-state index in [-0.39, 0.29) is 12.4 Å². The number of hydrogen-bond acceptors (Lipinski definition) is 5. The average Bonchev–Trinajstić information content (AvgIpc) is 2.66. The minimum absolute atomic E-state index is 0.267. The quantitative estimate of drug-likeness (QED) is 0.724. The van der Waals surface area contributed by atoms with Gasteiger partial charge in [0.2, 0.25) is 11.8 Å². The van der Waals surface area contributed by atoms with Gasteiger partial charge in [-0.2, -0.15) is 9.97 Å². The standard InChI is InChI=1S/C19H18N2O3/c22-12-17-20-18(23-13-15-7-3-1-4-8-15)11-19(21-17)24-14-16-9-5-2-6-10-16/h1-11,22H,12-14H2. The van der Waals surface area contributed by atoms with E-state index in [2.05, 4.69) is 9.97 Å². The summed E-state index contributed by atoms with van der Waals surface area (Å²) in [5.74, 6) is 1.02. The number of ether oxygens (including phenoxy) is 2. The summed E-state index contributed by atoms with van der Waals surface area (Å²) < 4.78 is 11.4. The Hall–Kier alpha value is -2.92. The lowest BCUT2D eigenvalue weighted by Gasteiger charge is -2.10. The third-order valence-corrected chi connectivity index (χ3v) is 3.33. The Morgan fingerprint density at radius 2 is 1.17 bits per heavy atom.